The quantitative estimate of drug-likeness (QED) is 0.815. The molecule has 0 unspecified atom stereocenters. The fraction of sp³-hybridized carbons (Fsp3) is 0.571. The van der Waals surface area contributed by atoms with Crippen molar-refractivity contribution in [2.24, 2.45) is 5.92 Å². The molecule has 0 aromatic heterocycles. The average Bonchev–Trinajstić information content (AvgIpc) is 3.05. The summed E-state index contributed by atoms with van der Waals surface area (Å²) >= 11 is 0. The van der Waals surface area contributed by atoms with Crippen LogP contribution in [0.4, 0.5) is 5.69 Å². The molecule has 1 aromatic carbocycles. The van der Waals surface area contributed by atoms with Crippen molar-refractivity contribution in [1.82, 2.24) is 0 Å². The smallest absolute Gasteiger partial charge is 0.142 e. The second-order valence-electron chi connectivity index (χ2n) is 5.02. The Hall–Kier alpha value is -1.18. The zero-order valence-corrected chi connectivity index (χ0v) is 9.61. The lowest BCUT2D eigenvalue weighted by molar-refractivity contribution is 0.300. The molecule has 0 amide bonds. The molecule has 86 valence electrons. The van der Waals surface area contributed by atoms with Gasteiger partial charge in [-0.3, -0.25) is 0 Å². The number of anilines is 1. The number of rotatable bonds is 5. The summed E-state index contributed by atoms with van der Waals surface area (Å²) < 4.78 is 5.87. The van der Waals surface area contributed by atoms with Gasteiger partial charge in [0.25, 0.3) is 0 Å². The third-order valence-corrected chi connectivity index (χ3v) is 3.52. The summed E-state index contributed by atoms with van der Waals surface area (Å²) in [6.45, 7) is 0.892. The third-order valence-electron chi connectivity index (χ3n) is 3.52. The van der Waals surface area contributed by atoms with E-state index in [9.17, 15) is 0 Å². The Labute approximate surface area is 97.0 Å². The molecule has 0 spiro atoms. The second kappa shape index (κ2) is 4.36. The van der Waals surface area contributed by atoms with Gasteiger partial charge >= 0.3 is 0 Å². The molecule has 0 bridgehead atoms. The number of ether oxygens (including phenoxy) is 1. The van der Waals surface area contributed by atoms with Crippen molar-refractivity contribution in [2.75, 3.05) is 11.9 Å². The number of hydrogen-bond donors (Lipinski definition) is 1. The normalized spacial score (nSPS) is 20.2. The maximum absolute atomic E-state index is 5.87. The Morgan fingerprint density at radius 3 is 2.62 bits per heavy atom. The first kappa shape index (κ1) is 10.0. The standard InChI is InChI=1S/C14H19NO/c1-2-7-14(16-10-11-8-9-11)13(6-1)15-12-4-3-5-12/h1-2,6-7,11-12,15H,3-5,8-10H2. The van der Waals surface area contributed by atoms with Crippen molar-refractivity contribution >= 4 is 5.69 Å². The fourth-order valence-electron chi connectivity index (χ4n) is 1.98. The third kappa shape index (κ3) is 2.31. The molecular weight excluding hydrogens is 198 g/mol. The van der Waals surface area contributed by atoms with Crippen LogP contribution in [0.2, 0.25) is 0 Å². The summed E-state index contributed by atoms with van der Waals surface area (Å²) in [5, 5.41) is 3.57. The number of hydrogen-bond acceptors (Lipinski definition) is 2. The molecule has 16 heavy (non-hydrogen) atoms. The van der Waals surface area contributed by atoms with Crippen molar-refractivity contribution in [3.63, 3.8) is 0 Å². The summed E-state index contributed by atoms with van der Waals surface area (Å²) in [6, 6.07) is 8.99. The highest BCUT2D eigenvalue weighted by Gasteiger charge is 2.23. The number of nitrogens with one attached hydrogen (secondary N) is 1. The Balaban J connectivity index is 1.63. The van der Waals surface area contributed by atoms with Crippen LogP contribution in [0.1, 0.15) is 32.1 Å². The van der Waals surface area contributed by atoms with Gasteiger partial charge in [-0.15, -0.1) is 0 Å². The molecular formula is C14H19NO. The van der Waals surface area contributed by atoms with E-state index in [0.717, 1.165) is 18.3 Å². The van der Waals surface area contributed by atoms with Gasteiger partial charge in [0.15, 0.2) is 0 Å². The molecule has 2 nitrogen and oxygen atoms in total. The summed E-state index contributed by atoms with van der Waals surface area (Å²) in [7, 11) is 0. The predicted octanol–water partition coefficient (Wildman–Crippen LogP) is 3.44. The van der Waals surface area contributed by atoms with Crippen LogP contribution in [-0.4, -0.2) is 12.6 Å². The molecule has 0 aliphatic heterocycles. The summed E-state index contributed by atoms with van der Waals surface area (Å²) in [5.74, 6) is 1.85. The van der Waals surface area contributed by atoms with Crippen LogP contribution < -0.4 is 10.1 Å². The monoisotopic (exact) mass is 217 g/mol. The zero-order valence-electron chi connectivity index (χ0n) is 9.61. The van der Waals surface area contributed by atoms with Gasteiger partial charge in [0.1, 0.15) is 5.75 Å². The maximum atomic E-state index is 5.87. The van der Waals surface area contributed by atoms with E-state index in [1.54, 1.807) is 0 Å². The van der Waals surface area contributed by atoms with Gasteiger partial charge in [0.05, 0.1) is 12.3 Å². The Bertz CT molecular complexity index is 356. The highest BCUT2D eigenvalue weighted by molar-refractivity contribution is 5.57. The lowest BCUT2D eigenvalue weighted by Gasteiger charge is -2.28. The van der Waals surface area contributed by atoms with Gasteiger partial charge in [-0.25, -0.2) is 0 Å². The Morgan fingerprint density at radius 2 is 1.94 bits per heavy atom. The van der Waals surface area contributed by atoms with Gasteiger partial charge in [0.2, 0.25) is 0 Å². The molecule has 2 heteroatoms. The van der Waals surface area contributed by atoms with Crippen LogP contribution in [-0.2, 0) is 0 Å². The van der Waals surface area contributed by atoms with E-state index in [1.807, 2.05) is 6.07 Å². The molecule has 3 rings (SSSR count). The van der Waals surface area contributed by atoms with Gasteiger partial charge in [0, 0.05) is 6.04 Å². The minimum atomic E-state index is 0.672. The minimum absolute atomic E-state index is 0.672. The van der Waals surface area contributed by atoms with Crippen LogP contribution in [0.25, 0.3) is 0 Å². The fourth-order valence-corrected chi connectivity index (χ4v) is 1.98. The van der Waals surface area contributed by atoms with Crippen molar-refractivity contribution in [2.45, 2.75) is 38.1 Å². The van der Waals surface area contributed by atoms with E-state index in [1.165, 1.54) is 37.8 Å². The van der Waals surface area contributed by atoms with Crippen LogP contribution in [0.15, 0.2) is 24.3 Å². The van der Waals surface area contributed by atoms with Crippen LogP contribution in [0, 0.1) is 5.92 Å². The van der Waals surface area contributed by atoms with Crippen LogP contribution in [0.5, 0.6) is 5.75 Å². The lowest BCUT2D eigenvalue weighted by Crippen LogP contribution is -2.27. The highest BCUT2D eigenvalue weighted by atomic mass is 16.5. The van der Waals surface area contributed by atoms with E-state index in [4.69, 9.17) is 4.74 Å². The largest absolute Gasteiger partial charge is 0.491 e. The van der Waals surface area contributed by atoms with Crippen molar-refractivity contribution < 1.29 is 4.74 Å². The molecule has 0 atom stereocenters. The Morgan fingerprint density at radius 1 is 1.12 bits per heavy atom. The van der Waals surface area contributed by atoms with Gasteiger partial charge in [-0.05, 0) is 50.2 Å². The van der Waals surface area contributed by atoms with Crippen molar-refractivity contribution in [3.05, 3.63) is 24.3 Å². The molecule has 2 aliphatic rings. The molecule has 1 aromatic rings. The zero-order chi connectivity index (χ0) is 10.8. The lowest BCUT2D eigenvalue weighted by atomic mass is 9.93. The molecule has 0 radical (unpaired) electrons. The van der Waals surface area contributed by atoms with E-state index < -0.39 is 0 Å². The minimum Gasteiger partial charge on any atom is -0.491 e. The van der Waals surface area contributed by atoms with E-state index in [2.05, 4.69) is 23.5 Å². The van der Waals surface area contributed by atoms with Crippen LogP contribution in [0.3, 0.4) is 0 Å². The van der Waals surface area contributed by atoms with Gasteiger partial charge in [-0.1, -0.05) is 12.1 Å². The molecule has 0 heterocycles. The first-order valence-corrected chi connectivity index (χ1v) is 6.40. The molecule has 1 N–H and O–H groups in total. The van der Waals surface area contributed by atoms with Crippen molar-refractivity contribution in [3.8, 4) is 5.75 Å². The summed E-state index contributed by atoms with van der Waals surface area (Å²) in [5.41, 5.74) is 1.17. The maximum Gasteiger partial charge on any atom is 0.142 e. The second-order valence-corrected chi connectivity index (χ2v) is 5.02. The molecule has 2 aliphatic carbocycles. The van der Waals surface area contributed by atoms with E-state index in [-0.39, 0.29) is 0 Å². The predicted molar refractivity (Wildman–Crippen MR) is 65.9 cm³/mol. The first-order valence-electron chi connectivity index (χ1n) is 6.40. The first-order chi connectivity index (χ1) is 7.92. The number of benzene rings is 1. The van der Waals surface area contributed by atoms with Crippen LogP contribution >= 0.6 is 0 Å². The molecule has 2 saturated carbocycles. The average molecular weight is 217 g/mol. The highest BCUT2D eigenvalue weighted by Crippen LogP contribution is 2.33. The summed E-state index contributed by atoms with van der Waals surface area (Å²) in [6.07, 6.45) is 6.66. The van der Waals surface area contributed by atoms with Crippen molar-refractivity contribution in [1.29, 1.82) is 0 Å². The topological polar surface area (TPSA) is 21.3 Å². The SMILES string of the molecule is c1ccc(OCC2CC2)c(NC2CCC2)c1. The van der Waals surface area contributed by atoms with E-state index >= 15 is 0 Å². The van der Waals surface area contributed by atoms with E-state index in [0.29, 0.717) is 6.04 Å². The molecule has 0 saturated heterocycles. The van der Waals surface area contributed by atoms with Gasteiger partial charge in [-0.2, -0.15) is 0 Å². The van der Waals surface area contributed by atoms with Gasteiger partial charge < -0.3 is 10.1 Å². The molecule has 2 fully saturated rings. The Kier molecular flexibility index (Phi) is 2.73. The summed E-state index contributed by atoms with van der Waals surface area (Å²) in [4.78, 5) is 0. The number of para-hydroxylation sites is 2.